The Hall–Kier alpha value is -0.610. The van der Waals surface area contributed by atoms with Crippen LogP contribution in [-0.4, -0.2) is 47.2 Å². The van der Waals surface area contributed by atoms with Crippen LogP contribution in [0.1, 0.15) is 40.5 Å². The average Bonchev–Trinajstić information content (AvgIpc) is 2.51. The minimum atomic E-state index is -0.737. The Morgan fingerprint density at radius 3 is 2.53 bits per heavy atom. The van der Waals surface area contributed by atoms with Crippen LogP contribution in [0.5, 0.6) is 0 Å². The van der Waals surface area contributed by atoms with E-state index in [1.807, 2.05) is 13.8 Å². The molecule has 0 aromatic carbocycles. The molecule has 4 nitrogen and oxygen atoms in total. The third-order valence-electron chi connectivity index (χ3n) is 3.45. The maximum Gasteiger partial charge on any atom is 0.320 e. The molecule has 1 heterocycles. The number of rotatable bonds is 6. The van der Waals surface area contributed by atoms with Gasteiger partial charge in [0.2, 0.25) is 0 Å². The van der Waals surface area contributed by atoms with Gasteiger partial charge in [-0.15, -0.1) is 0 Å². The maximum absolute atomic E-state index is 11.1. The molecule has 0 radical (unpaired) electrons. The molecular weight excluding hydrogens is 216 g/mol. The zero-order chi connectivity index (χ0) is 13.0. The van der Waals surface area contributed by atoms with Crippen LogP contribution in [0.3, 0.4) is 0 Å². The summed E-state index contributed by atoms with van der Waals surface area (Å²) in [6.45, 7) is 10.4. The topological polar surface area (TPSA) is 52.6 Å². The molecule has 0 bridgehead atoms. The Balaban J connectivity index is 2.38. The summed E-state index contributed by atoms with van der Waals surface area (Å²) in [6.07, 6.45) is 1.92. The van der Waals surface area contributed by atoms with E-state index in [1.54, 1.807) is 0 Å². The summed E-state index contributed by atoms with van der Waals surface area (Å²) in [7, 11) is 0. The number of nitrogens with one attached hydrogen (secondary N) is 1. The van der Waals surface area contributed by atoms with E-state index in [1.165, 1.54) is 6.42 Å². The summed E-state index contributed by atoms with van der Waals surface area (Å²) >= 11 is 0. The molecule has 0 aromatic heterocycles. The predicted molar refractivity (Wildman–Crippen MR) is 69.1 cm³/mol. The summed E-state index contributed by atoms with van der Waals surface area (Å²) in [4.78, 5) is 13.5. The van der Waals surface area contributed by atoms with Gasteiger partial charge in [0, 0.05) is 25.2 Å². The lowest BCUT2D eigenvalue weighted by Crippen LogP contribution is -2.43. The molecule has 0 spiro atoms. The lowest BCUT2D eigenvalue weighted by molar-refractivity contribution is -0.140. The SMILES string of the molecule is CC1CC(C)N(CCC(NC(C)C)C(=O)O)C1. The van der Waals surface area contributed by atoms with Crippen LogP contribution in [0.15, 0.2) is 0 Å². The molecular formula is C13H26N2O2. The standard InChI is InChI=1S/C13H26N2O2/c1-9(2)14-12(13(16)17)5-6-15-8-10(3)7-11(15)4/h9-12,14H,5-8H2,1-4H3,(H,16,17). The van der Waals surface area contributed by atoms with E-state index < -0.39 is 12.0 Å². The number of nitrogens with zero attached hydrogens (tertiary/aromatic N) is 1. The van der Waals surface area contributed by atoms with Gasteiger partial charge < -0.3 is 15.3 Å². The van der Waals surface area contributed by atoms with Crippen molar-refractivity contribution < 1.29 is 9.90 Å². The second-order valence-corrected chi connectivity index (χ2v) is 5.69. The fourth-order valence-corrected chi connectivity index (χ4v) is 2.67. The summed E-state index contributed by atoms with van der Waals surface area (Å²) in [6, 6.07) is 0.391. The Labute approximate surface area is 104 Å². The van der Waals surface area contributed by atoms with Crippen molar-refractivity contribution in [2.24, 2.45) is 5.92 Å². The van der Waals surface area contributed by atoms with E-state index >= 15 is 0 Å². The first-order valence-corrected chi connectivity index (χ1v) is 6.63. The van der Waals surface area contributed by atoms with Crippen molar-refractivity contribution in [2.75, 3.05) is 13.1 Å². The van der Waals surface area contributed by atoms with Gasteiger partial charge in [0.25, 0.3) is 0 Å². The monoisotopic (exact) mass is 242 g/mol. The van der Waals surface area contributed by atoms with Crippen molar-refractivity contribution in [1.29, 1.82) is 0 Å². The number of carboxylic acids is 1. The minimum Gasteiger partial charge on any atom is -0.480 e. The third kappa shape index (κ3) is 4.64. The van der Waals surface area contributed by atoms with Crippen LogP contribution in [0.4, 0.5) is 0 Å². The van der Waals surface area contributed by atoms with E-state index in [9.17, 15) is 4.79 Å². The lowest BCUT2D eigenvalue weighted by atomic mass is 10.1. The highest BCUT2D eigenvalue weighted by Gasteiger charge is 2.27. The second kappa shape index (κ2) is 6.36. The van der Waals surface area contributed by atoms with Gasteiger partial charge in [0.05, 0.1) is 0 Å². The lowest BCUT2D eigenvalue weighted by Gasteiger charge is -2.24. The van der Waals surface area contributed by atoms with Crippen LogP contribution in [0, 0.1) is 5.92 Å². The van der Waals surface area contributed by atoms with Crippen LogP contribution in [-0.2, 0) is 4.79 Å². The van der Waals surface area contributed by atoms with E-state index in [4.69, 9.17) is 5.11 Å². The molecule has 0 amide bonds. The third-order valence-corrected chi connectivity index (χ3v) is 3.45. The number of hydrogen-bond acceptors (Lipinski definition) is 3. The largest absolute Gasteiger partial charge is 0.480 e. The van der Waals surface area contributed by atoms with E-state index in [0.29, 0.717) is 12.5 Å². The fraction of sp³-hybridized carbons (Fsp3) is 0.923. The van der Waals surface area contributed by atoms with E-state index in [0.717, 1.165) is 19.0 Å². The van der Waals surface area contributed by atoms with Crippen molar-refractivity contribution in [2.45, 2.75) is 58.7 Å². The fourth-order valence-electron chi connectivity index (χ4n) is 2.67. The number of aliphatic carboxylic acids is 1. The molecule has 2 N–H and O–H groups in total. The predicted octanol–water partition coefficient (Wildman–Crippen LogP) is 1.56. The molecule has 100 valence electrons. The smallest absolute Gasteiger partial charge is 0.320 e. The molecule has 0 aliphatic carbocycles. The number of hydrogen-bond donors (Lipinski definition) is 2. The molecule has 3 atom stereocenters. The summed E-state index contributed by atoms with van der Waals surface area (Å²) < 4.78 is 0. The normalized spacial score (nSPS) is 27.6. The van der Waals surface area contributed by atoms with Crippen LogP contribution in [0.25, 0.3) is 0 Å². The molecule has 3 unspecified atom stereocenters. The van der Waals surface area contributed by atoms with Gasteiger partial charge in [0.1, 0.15) is 6.04 Å². The molecule has 4 heteroatoms. The van der Waals surface area contributed by atoms with Gasteiger partial charge in [-0.3, -0.25) is 4.79 Å². The number of carboxylic acid groups (broad SMARTS) is 1. The van der Waals surface area contributed by atoms with E-state index in [-0.39, 0.29) is 6.04 Å². The Morgan fingerprint density at radius 1 is 1.47 bits per heavy atom. The highest BCUT2D eigenvalue weighted by molar-refractivity contribution is 5.73. The van der Waals surface area contributed by atoms with E-state index in [2.05, 4.69) is 24.1 Å². The van der Waals surface area contributed by atoms with Gasteiger partial charge in [-0.05, 0) is 25.7 Å². The first-order valence-electron chi connectivity index (χ1n) is 6.63. The molecule has 1 saturated heterocycles. The van der Waals surface area contributed by atoms with Gasteiger partial charge in [-0.2, -0.15) is 0 Å². The van der Waals surface area contributed by atoms with Crippen molar-refractivity contribution >= 4 is 5.97 Å². The van der Waals surface area contributed by atoms with Crippen molar-refractivity contribution in [1.82, 2.24) is 10.2 Å². The molecule has 17 heavy (non-hydrogen) atoms. The van der Waals surface area contributed by atoms with Crippen LogP contribution < -0.4 is 5.32 Å². The minimum absolute atomic E-state index is 0.214. The highest BCUT2D eigenvalue weighted by Crippen LogP contribution is 2.22. The van der Waals surface area contributed by atoms with Gasteiger partial charge in [0.15, 0.2) is 0 Å². The Morgan fingerprint density at radius 2 is 2.12 bits per heavy atom. The first-order chi connectivity index (χ1) is 7.90. The zero-order valence-corrected chi connectivity index (χ0v) is 11.4. The molecule has 1 rings (SSSR count). The zero-order valence-electron chi connectivity index (χ0n) is 11.4. The second-order valence-electron chi connectivity index (χ2n) is 5.69. The van der Waals surface area contributed by atoms with Crippen LogP contribution in [0.2, 0.25) is 0 Å². The molecule has 1 fully saturated rings. The Bertz CT molecular complexity index is 256. The summed E-state index contributed by atoms with van der Waals surface area (Å²) in [5.41, 5.74) is 0. The summed E-state index contributed by atoms with van der Waals surface area (Å²) in [5, 5.41) is 12.2. The highest BCUT2D eigenvalue weighted by atomic mass is 16.4. The van der Waals surface area contributed by atoms with Crippen molar-refractivity contribution in [3.8, 4) is 0 Å². The molecule has 1 aliphatic rings. The number of carbonyl (C=O) groups is 1. The average molecular weight is 242 g/mol. The number of likely N-dealkylation sites (tertiary alicyclic amines) is 1. The van der Waals surface area contributed by atoms with Gasteiger partial charge in [-0.1, -0.05) is 20.8 Å². The van der Waals surface area contributed by atoms with Gasteiger partial charge in [-0.25, -0.2) is 0 Å². The maximum atomic E-state index is 11.1. The summed E-state index contributed by atoms with van der Waals surface area (Å²) in [5.74, 6) is 0.00457. The first kappa shape index (κ1) is 14.5. The molecule has 0 aromatic rings. The Kier molecular flexibility index (Phi) is 5.40. The quantitative estimate of drug-likeness (QED) is 0.742. The molecule has 0 saturated carbocycles. The molecule has 1 aliphatic heterocycles. The van der Waals surface area contributed by atoms with Crippen molar-refractivity contribution in [3.05, 3.63) is 0 Å². The van der Waals surface area contributed by atoms with Gasteiger partial charge >= 0.3 is 5.97 Å². The van der Waals surface area contributed by atoms with Crippen LogP contribution >= 0.6 is 0 Å². The van der Waals surface area contributed by atoms with Crippen molar-refractivity contribution in [3.63, 3.8) is 0 Å².